The standard InChI is InChI=1S/C29H27BrF4N4O/c30-23-7-8-25-24(17-23)28(19-38(25)27(39)36-18-21-9-12-35-26(31)16-21)10-14-37(15-11-28)13-1-2-20-3-5-22(6-4-20)29(32,33)34/h1-9,12,16-17H,10-11,13-15,18-19H2,(H,36,39)/b2-1+. The molecular formula is C29H27BrF4N4O. The van der Waals surface area contributed by atoms with E-state index >= 15 is 0 Å². The van der Waals surface area contributed by atoms with Crippen molar-refractivity contribution in [3.05, 3.63) is 99.5 Å². The number of piperidine rings is 1. The number of carbonyl (C=O) groups is 1. The van der Waals surface area contributed by atoms with Crippen LogP contribution in [0.25, 0.3) is 6.08 Å². The van der Waals surface area contributed by atoms with Crippen LogP contribution in [0.4, 0.5) is 28.0 Å². The van der Waals surface area contributed by atoms with Gasteiger partial charge in [-0.05, 0) is 85.1 Å². The third-order valence-corrected chi connectivity index (χ3v) is 7.98. The molecule has 2 amide bonds. The Morgan fingerprint density at radius 1 is 1.08 bits per heavy atom. The van der Waals surface area contributed by atoms with Gasteiger partial charge in [-0.25, -0.2) is 9.78 Å². The molecular weight excluding hydrogens is 576 g/mol. The van der Waals surface area contributed by atoms with Gasteiger partial charge in [0.1, 0.15) is 0 Å². The number of halogens is 5. The number of fused-ring (bicyclic) bond motifs is 2. The Bertz CT molecular complexity index is 1370. The third kappa shape index (κ3) is 6.17. The van der Waals surface area contributed by atoms with Gasteiger partial charge in [0.05, 0.1) is 5.56 Å². The number of pyridine rings is 1. The van der Waals surface area contributed by atoms with Crippen molar-refractivity contribution < 1.29 is 22.4 Å². The molecule has 2 aliphatic heterocycles. The van der Waals surface area contributed by atoms with E-state index in [9.17, 15) is 22.4 Å². The maximum atomic E-state index is 13.4. The van der Waals surface area contributed by atoms with Crippen molar-refractivity contribution in [2.45, 2.75) is 31.0 Å². The monoisotopic (exact) mass is 602 g/mol. The van der Waals surface area contributed by atoms with Crippen LogP contribution in [-0.2, 0) is 18.1 Å². The van der Waals surface area contributed by atoms with Gasteiger partial charge in [0, 0.05) is 41.4 Å². The minimum atomic E-state index is -4.34. The predicted molar refractivity (Wildman–Crippen MR) is 146 cm³/mol. The minimum absolute atomic E-state index is 0.174. The van der Waals surface area contributed by atoms with Crippen LogP contribution in [0.5, 0.6) is 0 Å². The number of hydrogen-bond donors (Lipinski definition) is 1. The molecule has 0 saturated carbocycles. The number of alkyl halides is 3. The van der Waals surface area contributed by atoms with Crippen LogP contribution in [0.1, 0.15) is 35.1 Å². The van der Waals surface area contributed by atoms with E-state index in [2.05, 4.69) is 37.2 Å². The first-order chi connectivity index (χ1) is 18.6. The number of likely N-dealkylation sites (tertiary alicyclic amines) is 1. The number of nitrogens with zero attached hydrogens (tertiary/aromatic N) is 3. The summed E-state index contributed by atoms with van der Waals surface area (Å²) in [6.07, 6.45) is 2.58. The van der Waals surface area contributed by atoms with Gasteiger partial charge in [-0.2, -0.15) is 17.6 Å². The second-order valence-electron chi connectivity index (χ2n) is 10.00. The molecule has 0 radical (unpaired) electrons. The minimum Gasteiger partial charge on any atom is -0.334 e. The van der Waals surface area contributed by atoms with Gasteiger partial charge in [0.25, 0.3) is 0 Å². The van der Waals surface area contributed by atoms with Crippen molar-refractivity contribution in [2.24, 2.45) is 0 Å². The molecule has 39 heavy (non-hydrogen) atoms. The number of anilines is 1. The Balaban J connectivity index is 1.22. The van der Waals surface area contributed by atoms with Crippen molar-refractivity contribution in [1.29, 1.82) is 0 Å². The van der Waals surface area contributed by atoms with Crippen LogP contribution in [0.3, 0.4) is 0 Å². The second kappa shape index (κ2) is 11.1. The summed E-state index contributed by atoms with van der Waals surface area (Å²) in [5.41, 5.74) is 2.56. The van der Waals surface area contributed by atoms with Gasteiger partial charge < -0.3 is 5.32 Å². The summed E-state index contributed by atoms with van der Waals surface area (Å²) in [5, 5.41) is 2.91. The first-order valence-electron chi connectivity index (χ1n) is 12.6. The van der Waals surface area contributed by atoms with Crippen LogP contribution < -0.4 is 10.2 Å². The summed E-state index contributed by atoms with van der Waals surface area (Å²) in [7, 11) is 0. The SMILES string of the molecule is O=C(NCc1ccnc(F)c1)N1CC2(CCN(C/C=C/c3ccc(C(F)(F)F)cc3)CC2)c2cc(Br)ccc21. The van der Waals surface area contributed by atoms with Crippen molar-refractivity contribution in [3.8, 4) is 0 Å². The van der Waals surface area contributed by atoms with E-state index in [0.29, 0.717) is 18.7 Å². The Morgan fingerprint density at radius 2 is 1.82 bits per heavy atom. The number of rotatable bonds is 5. The summed E-state index contributed by atoms with van der Waals surface area (Å²) < 4.78 is 52.7. The Hall–Kier alpha value is -3.24. The van der Waals surface area contributed by atoms with Crippen molar-refractivity contribution >= 4 is 33.7 Å². The lowest BCUT2D eigenvalue weighted by Gasteiger charge is -2.39. The quantitative estimate of drug-likeness (QED) is 0.259. The lowest BCUT2D eigenvalue weighted by atomic mass is 9.74. The maximum absolute atomic E-state index is 13.4. The second-order valence-corrected chi connectivity index (χ2v) is 10.9. The molecule has 3 aromatic rings. The molecule has 2 aromatic carbocycles. The Morgan fingerprint density at radius 3 is 2.51 bits per heavy atom. The van der Waals surface area contributed by atoms with Crippen LogP contribution in [0.2, 0.25) is 0 Å². The zero-order valence-electron chi connectivity index (χ0n) is 21.0. The molecule has 3 heterocycles. The number of aromatic nitrogens is 1. The van der Waals surface area contributed by atoms with Crippen LogP contribution in [0, 0.1) is 5.95 Å². The van der Waals surface area contributed by atoms with E-state index in [1.54, 1.807) is 11.0 Å². The predicted octanol–water partition coefficient (Wildman–Crippen LogP) is 6.78. The molecule has 5 nitrogen and oxygen atoms in total. The van der Waals surface area contributed by atoms with Crippen molar-refractivity contribution in [2.75, 3.05) is 31.1 Å². The molecule has 1 N–H and O–H groups in total. The summed E-state index contributed by atoms with van der Waals surface area (Å²) >= 11 is 3.58. The Kier molecular flexibility index (Phi) is 7.77. The first kappa shape index (κ1) is 27.3. The van der Waals surface area contributed by atoms with E-state index in [4.69, 9.17) is 0 Å². The number of urea groups is 1. The average molecular weight is 603 g/mol. The van der Waals surface area contributed by atoms with Crippen LogP contribution >= 0.6 is 15.9 Å². The molecule has 2 aliphatic rings. The summed E-state index contributed by atoms with van der Waals surface area (Å²) in [6.45, 7) is 3.11. The van der Waals surface area contributed by atoms with Crippen LogP contribution in [0.15, 0.2) is 71.3 Å². The topological polar surface area (TPSA) is 48.5 Å². The summed E-state index contributed by atoms with van der Waals surface area (Å²) in [5.74, 6) is -0.585. The molecule has 1 aromatic heterocycles. The normalized spacial score (nSPS) is 17.1. The van der Waals surface area contributed by atoms with E-state index in [0.717, 1.165) is 59.4 Å². The lowest BCUT2D eigenvalue weighted by Crippen LogP contribution is -2.47. The highest BCUT2D eigenvalue weighted by Crippen LogP contribution is 2.48. The average Bonchev–Trinajstić information content (AvgIpc) is 3.21. The van der Waals surface area contributed by atoms with Gasteiger partial charge in [-0.15, -0.1) is 0 Å². The van der Waals surface area contributed by atoms with E-state index in [1.807, 2.05) is 24.3 Å². The zero-order chi connectivity index (χ0) is 27.6. The largest absolute Gasteiger partial charge is 0.416 e. The molecule has 1 spiro atoms. The van der Waals surface area contributed by atoms with Gasteiger partial charge >= 0.3 is 12.2 Å². The molecule has 0 unspecified atom stereocenters. The van der Waals surface area contributed by atoms with Gasteiger partial charge in [0.15, 0.2) is 0 Å². The number of carbonyl (C=O) groups excluding carboxylic acids is 1. The molecule has 10 heteroatoms. The summed E-state index contributed by atoms with van der Waals surface area (Å²) in [4.78, 5) is 20.8. The van der Waals surface area contributed by atoms with Crippen molar-refractivity contribution in [3.63, 3.8) is 0 Å². The number of amides is 2. The molecule has 0 bridgehead atoms. The van der Waals surface area contributed by atoms with Crippen LogP contribution in [-0.4, -0.2) is 42.1 Å². The van der Waals surface area contributed by atoms with Gasteiger partial charge in [-0.3, -0.25) is 9.80 Å². The fraction of sp³-hybridized carbons (Fsp3) is 0.310. The molecule has 1 fully saturated rings. The smallest absolute Gasteiger partial charge is 0.334 e. The maximum Gasteiger partial charge on any atom is 0.416 e. The number of hydrogen-bond acceptors (Lipinski definition) is 3. The number of nitrogens with one attached hydrogen (secondary N) is 1. The molecule has 0 atom stereocenters. The van der Waals surface area contributed by atoms with Crippen molar-refractivity contribution in [1.82, 2.24) is 15.2 Å². The van der Waals surface area contributed by atoms with Gasteiger partial charge in [0.2, 0.25) is 5.95 Å². The lowest BCUT2D eigenvalue weighted by molar-refractivity contribution is -0.137. The van der Waals surface area contributed by atoms with E-state index in [-0.39, 0.29) is 18.0 Å². The van der Waals surface area contributed by atoms with E-state index < -0.39 is 17.7 Å². The fourth-order valence-electron chi connectivity index (χ4n) is 5.36. The first-order valence-corrected chi connectivity index (χ1v) is 13.4. The fourth-order valence-corrected chi connectivity index (χ4v) is 5.72. The molecule has 204 valence electrons. The highest BCUT2D eigenvalue weighted by molar-refractivity contribution is 9.10. The third-order valence-electron chi connectivity index (χ3n) is 7.49. The molecule has 1 saturated heterocycles. The summed E-state index contributed by atoms with van der Waals surface area (Å²) in [6, 6.07) is 13.9. The zero-order valence-corrected chi connectivity index (χ0v) is 22.6. The Labute approximate surface area is 232 Å². The molecule has 5 rings (SSSR count). The van der Waals surface area contributed by atoms with Gasteiger partial charge in [-0.1, -0.05) is 40.2 Å². The highest BCUT2D eigenvalue weighted by Gasteiger charge is 2.46. The number of benzene rings is 2. The van der Waals surface area contributed by atoms with E-state index in [1.165, 1.54) is 24.4 Å². The molecule has 0 aliphatic carbocycles. The highest BCUT2D eigenvalue weighted by atomic mass is 79.9.